The van der Waals surface area contributed by atoms with Gasteiger partial charge in [-0.2, -0.15) is 0 Å². The number of ether oxygens (including phenoxy) is 1. The summed E-state index contributed by atoms with van der Waals surface area (Å²) >= 11 is 0. The standard InChI is InChI=1S/C21H23N3O2/c1-14-10-15(2)12-18(11-14)26-9-8-24(4)21(25)19-13-17-6-5-7-22-20(17)23-16(19)3/h5-7,10-13H,8-9H2,1-4H3. The first-order valence-corrected chi connectivity index (χ1v) is 8.63. The second kappa shape index (κ2) is 7.52. The first-order chi connectivity index (χ1) is 12.4. The highest BCUT2D eigenvalue weighted by Gasteiger charge is 2.16. The Bertz CT molecular complexity index is 933. The van der Waals surface area contributed by atoms with Gasteiger partial charge in [0.05, 0.1) is 17.8 Å². The van der Waals surface area contributed by atoms with Gasteiger partial charge in [0.1, 0.15) is 12.4 Å². The Kier molecular flexibility index (Phi) is 5.16. The number of pyridine rings is 2. The Labute approximate surface area is 153 Å². The molecule has 5 nitrogen and oxygen atoms in total. The molecule has 1 amide bonds. The number of rotatable bonds is 5. The van der Waals surface area contributed by atoms with Gasteiger partial charge in [0.25, 0.3) is 5.91 Å². The zero-order chi connectivity index (χ0) is 18.7. The summed E-state index contributed by atoms with van der Waals surface area (Å²) in [5, 5.41) is 0.862. The normalized spacial score (nSPS) is 10.8. The topological polar surface area (TPSA) is 55.3 Å². The van der Waals surface area contributed by atoms with Crippen LogP contribution in [0.3, 0.4) is 0 Å². The van der Waals surface area contributed by atoms with Crippen molar-refractivity contribution < 1.29 is 9.53 Å². The van der Waals surface area contributed by atoms with Crippen molar-refractivity contribution in [1.82, 2.24) is 14.9 Å². The van der Waals surface area contributed by atoms with Gasteiger partial charge in [0.15, 0.2) is 5.65 Å². The number of likely N-dealkylation sites (N-methyl/N-ethyl adjacent to an activating group) is 1. The minimum atomic E-state index is -0.0650. The van der Waals surface area contributed by atoms with Crippen LogP contribution in [0.1, 0.15) is 27.2 Å². The highest BCUT2D eigenvalue weighted by Crippen LogP contribution is 2.17. The van der Waals surface area contributed by atoms with E-state index < -0.39 is 0 Å². The largest absolute Gasteiger partial charge is 0.492 e. The third kappa shape index (κ3) is 3.99. The average molecular weight is 349 g/mol. The van der Waals surface area contributed by atoms with E-state index in [2.05, 4.69) is 16.0 Å². The summed E-state index contributed by atoms with van der Waals surface area (Å²) in [7, 11) is 1.78. The summed E-state index contributed by atoms with van der Waals surface area (Å²) in [5.74, 6) is 0.766. The van der Waals surface area contributed by atoms with Crippen LogP contribution in [0.4, 0.5) is 0 Å². The maximum Gasteiger partial charge on any atom is 0.255 e. The molecule has 0 unspecified atom stereocenters. The second-order valence-electron chi connectivity index (χ2n) is 6.57. The van der Waals surface area contributed by atoms with Gasteiger partial charge >= 0.3 is 0 Å². The summed E-state index contributed by atoms with van der Waals surface area (Å²) in [4.78, 5) is 23.1. The number of hydrogen-bond acceptors (Lipinski definition) is 4. The van der Waals surface area contributed by atoms with Gasteiger partial charge in [-0.3, -0.25) is 4.79 Å². The van der Waals surface area contributed by atoms with Crippen molar-refractivity contribution in [2.45, 2.75) is 20.8 Å². The molecule has 26 heavy (non-hydrogen) atoms. The zero-order valence-corrected chi connectivity index (χ0v) is 15.6. The molecule has 0 saturated heterocycles. The minimum Gasteiger partial charge on any atom is -0.492 e. The van der Waals surface area contributed by atoms with Crippen LogP contribution >= 0.6 is 0 Å². The lowest BCUT2D eigenvalue weighted by Gasteiger charge is -2.19. The molecule has 0 aliphatic heterocycles. The molecule has 3 aromatic rings. The highest BCUT2D eigenvalue weighted by atomic mass is 16.5. The molecule has 0 aliphatic rings. The maximum absolute atomic E-state index is 12.8. The van der Waals surface area contributed by atoms with Crippen LogP contribution in [0.25, 0.3) is 11.0 Å². The van der Waals surface area contributed by atoms with Crippen molar-refractivity contribution in [3.63, 3.8) is 0 Å². The van der Waals surface area contributed by atoms with Crippen molar-refractivity contribution in [1.29, 1.82) is 0 Å². The van der Waals surface area contributed by atoms with Crippen molar-refractivity contribution in [2.24, 2.45) is 0 Å². The number of carbonyl (C=O) groups is 1. The number of aryl methyl sites for hydroxylation is 3. The Morgan fingerprint density at radius 3 is 2.58 bits per heavy atom. The number of fused-ring (bicyclic) bond motifs is 1. The van der Waals surface area contributed by atoms with Crippen molar-refractivity contribution in [3.8, 4) is 5.75 Å². The van der Waals surface area contributed by atoms with Crippen molar-refractivity contribution in [2.75, 3.05) is 20.2 Å². The van der Waals surface area contributed by atoms with Crippen LogP contribution < -0.4 is 4.74 Å². The fraction of sp³-hybridized carbons (Fsp3) is 0.286. The third-order valence-corrected chi connectivity index (χ3v) is 4.25. The van der Waals surface area contributed by atoms with Crippen LogP contribution in [-0.4, -0.2) is 41.0 Å². The molecule has 2 aromatic heterocycles. The Morgan fingerprint density at radius 1 is 1.12 bits per heavy atom. The van der Waals surface area contributed by atoms with Gasteiger partial charge in [-0.15, -0.1) is 0 Å². The van der Waals surface area contributed by atoms with E-state index in [1.165, 1.54) is 0 Å². The summed E-state index contributed by atoms with van der Waals surface area (Å²) in [6.07, 6.45) is 1.70. The van der Waals surface area contributed by atoms with Crippen LogP contribution in [0.5, 0.6) is 5.75 Å². The molecular formula is C21H23N3O2. The van der Waals surface area contributed by atoms with E-state index in [-0.39, 0.29) is 5.91 Å². The van der Waals surface area contributed by atoms with E-state index in [9.17, 15) is 4.79 Å². The van der Waals surface area contributed by atoms with E-state index in [0.717, 1.165) is 22.3 Å². The Balaban J connectivity index is 1.67. The fourth-order valence-electron chi connectivity index (χ4n) is 2.93. The van der Waals surface area contributed by atoms with E-state index in [0.29, 0.717) is 30.1 Å². The molecule has 2 heterocycles. The molecule has 0 bridgehead atoms. The van der Waals surface area contributed by atoms with Crippen LogP contribution in [0.15, 0.2) is 42.6 Å². The smallest absolute Gasteiger partial charge is 0.255 e. The number of amides is 1. The monoisotopic (exact) mass is 349 g/mol. The van der Waals surface area contributed by atoms with E-state index in [1.807, 2.05) is 51.1 Å². The summed E-state index contributed by atoms with van der Waals surface area (Å²) in [6, 6.07) is 11.7. The lowest BCUT2D eigenvalue weighted by Crippen LogP contribution is -2.31. The van der Waals surface area contributed by atoms with Crippen LogP contribution in [0.2, 0.25) is 0 Å². The minimum absolute atomic E-state index is 0.0650. The quantitative estimate of drug-likeness (QED) is 0.705. The molecule has 0 spiro atoms. The van der Waals surface area contributed by atoms with E-state index >= 15 is 0 Å². The summed E-state index contributed by atoms with van der Waals surface area (Å²) < 4.78 is 5.81. The maximum atomic E-state index is 12.8. The van der Waals surface area contributed by atoms with E-state index in [4.69, 9.17) is 4.74 Å². The van der Waals surface area contributed by atoms with Gasteiger partial charge in [0.2, 0.25) is 0 Å². The SMILES string of the molecule is Cc1cc(C)cc(OCCN(C)C(=O)c2cc3cccnc3nc2C)c1. The molecule has 0 fully saturated rings. The molecule has 134 valence electrons. The Morgan fingerprint density at radius 2 is 1.85 bits per heavy atom. The summed E-state index contributed by atoms with van der Waals surface area (Å²) in [5.41, 5.74) is 4.26. The molecule has 0 radical (unpaired) electrons. The number of nitrogens with zero attached hydrogens (tertiary/aromatic N) is 3. The first kappa shape index (κ1) is 17.9. The van der Waals surface area contributed by atoms with Gasteiger partial charge < -0.3 is 9.64 Å². The molecular weight excluding hydrogens is 326 g/mol. The lowest BCUT2D eigenvalue weighted by molar-refractivity contribution is 0.0772. The molecule has 0 aliphatic carbocycles. The Hall–Kier alpha value is -2.95. The highest BCUT2D eigenvalue weighted by molar-refractivity contribution is 5.98. The average Bonchev–Trinajstić information content (AvgIpc) is 2.59. The molecule has 0 atom stereocenters. The predicted octanol–water partition coefficient (Wildman–Crippen LogP) is 3.71. The third-order valence-electron chi connectivity index (χ3n) is 4.25. The van der Waals surface area contributed by atoms with Gasteiger partial charge in [-0.25, -0.2) is 9.97 Å². The van der Waals surface area contributed by atoms with Gasteiger partial charge in [0, 0.05) is 18.6 Å². The van der Waals surface area contributed by atoms with Crippen molar-refractivity contribution in [3.05, 3.63) is 65.0 Å². The number of hydrogen-bond donors (Lipinski definition) is 0. The number of aromatic nitrogens is 2. The number of carbonyl (C=O) groups excluding carboxylic acids is 1. The fourth-order valence-corrected chi connectivity index (χ4v) is 2.93. The van der Waals surface area contributed by atoms with Crippen LogP contribution in [0, 0.1) is 20.8 Å². The van der Waals surface area contributed by atoms with Gasteiger partial charge in [-0.05, 0) is 62.2 Å². The molecule has 5 heteroatoms. The molecule has 3 rings (SSSR count). The zero-order valence-electron chi connectivity index (χ0n) is 15.6. The lowest BCUT2D eigenvalue weighted by atomic mass is 10.1. The second-order valence-corrected chi connectivity index (χ2v) is 6.57. The predicted molar refractivity (Wildman–Crippen MR) is 103 cm³/mol. The molecule has 1 aromatic carbocycles. The number of benzene rings is 1. The van der Waals surface area contributed by atoms with Crippen molar-refractivity contribution >= 4 is 16.9 Å². The molecule has 0 N–H and O–H groups in total. The molecule has 0 saturated carbocycles. The summed E-state index contributed by atoms with van der Waals surface area (Å²) in [6.45, 7) is 6.85. The van der Waals surface area contributed by atoms with Crippen LogP contribution in [-0.2, 0) is 0 Å². The van der Waals surface area contributed by atoms with Gasteiger partial charge in [-0.1, -0.05) is 6.07 Å². The first-order valence-electron chi connectivity index (χ1n) is 8.63. The van der Waals surface area contributed by atoms with E-state index in [1.54, 1.807) is 18.1 Å².